The minimum Gasteiger partial charge on any atom is -0.490 e. The fourth-order valence-electron chi connectivity index (χ4n) is 2.41. The molecule has 7 heteroatoms. The Morgan fingerprint density at radius 2 is 2.22 bits per heavy atom. The molecule has 0 unspecified atom stereocenters. The molecule has 1 amide bonds. The third-order valence-electron chi connectivity index (χ3n) is 3.78. The second-order valence-electron chi connectivity index (χ2n) is 6.00. The van der Waals surface area contributed by atoms with Gasteiger partial charge >= 0.3 is 5.97 Å². The van der Waals surface area contributed by atoms with Crippen LogP contribution in [0.3, 0.4) is 0 Å². The highest BCUT2D eigenvalue weighted by molar-refractivity contribution is 5.79. The first-order valence-corrected chi connectivity index (χ1v) is 8.62. The Morgan fingerprint density at radius 1 is 1.44 bits per heavy atom. The van der Waals surface area contributed by atoms with Gasteiger partial charge in [-0.3, -0.25) is 9.69 Å². The van der Waals surface area contributed by atoms with E-state index in [1.807, 2.05) is 31.3 Å². The predicted octanol–water partition coefficient (Wildman–Crippen LogP) is 0.647. The molecule has 146 valence electrons. The molecule has 7 nitrogen and oxygen atoms in total. The number of aliphatic carboxylic acids is 1. The number of nitrogens with two attached hydrogens (primary N) is 1. The Balaban J connectivity index is 2.73. The van der Waals surface area contributed by atoms with E-state index in [0.29, 0.717) is 18.8 Å². The minimum absolute atomic E-state index is 0.118. The number of hydrogen-bond acceptors (Lipinski definition) is 5. The van der Waals surface area contributed by atoms with Crippen molar-refractivity contribution >= 4 is 11.9 Å². The number of amides is 1. The van der Waals surface area contributed by atoms with E-state index in [0.717, 1.165) is 18.1 Å². The highest BCUT2D eigenvalue weighted by Crippen LogP contribution is 2.16. The number of carboxylic acids is 1. The Kier molecular flexibility index (Phi) is 10.3. The summed E-state index contributed by atoms with van der Waals surface area (Å²) in [5.74, 6) is 5.20. The lowest BCUT2D eigenvalue weighted by atomic mass is 10.0. The van der Waals surface area contributed by atoms with Crippen LogP contribution in [0, 0.1) is 11.8 Å². The van der Waals surface area contributed by atoms with Crippen LogP contribution >= 0.6 is 0 Å². The van der Waals surface area contributed by atoms with Gasteiger partial charge in [-0.25, -0.2) is 4.79 Å². The molecule has 0 aliphatic rings. The van der Waals surface area contributed by atoms with Gasteiger partial charge in [-0.1, -0.05) is 18.1 Å². The fraction of sp³-hybridized carbons (Fsp3) is 0.400. The minimum atomic E-state index is -1.00. The van der Waals surface area contributed by atoms with Crippen LogP contribution < -0.4 is 15.8 Å². The maximum atomic E-state index is 11.0. The van der Waals surface area contributed by atoms with Crippen molar-refractivity contribution in [3.63, 3.8) is 0 Å². The van der Waals surface area contributed by atoms with E-state index >= 15 is 0 Å². The van der Waals surface area contributed by atoms with Gasteiger partial charge in [0.1, 0.15) is 12.4 Å². The molecule has 0 fully saturated rings. The van der Waals surface area contributed by atoms with Gasteiger partial charge in [-0.15, -0.1) is 5.92 Å². The van der Waals surface area contributed by atoms with Crippen LogP contribution in [0.1, 0.15) is 12.5 Å². The monoisotopic (exact) mass is 373 g/mol. The summed E-state index contributed by atoms with van der Waals surface area (Å²) in [5.41, 5.74) is 6.25. The highest BCUT2D eigenvalue weighted by Gasteiger charge is 2.15. The van der Waals surface area contributed by atoms with Crippen molar-refractivity contribution in [3.05, 3.63) is 42.0 Å². The Labute approximate surface area is 160 Å². The number of rotatable bonds is 12. The SMILES string of the molecule is CC#CCN(C)[C@H](CNCC(N)=O)Cc1cccc(OC/C=C/C(=O)O)c1. The van der Waals surface area contributed by atoms with Crippen molar-refractivity contribution in [2.24, 2.45) is 5.73 Å². The normalized spacial score (nSPS) is 11.8. The lowest BCUT2D eigenvalue weighted by molar-refractivity contribution is -0.131. The molecule has 27 heavy (non-hydrogen) atoms. The largest absolute Gasteiger partial charge is 0.490 e. The van der Waals surface area contributed by atoms with E-state index in [2.05, 4.69) is 22.1 Å². The first-order chi connectivity index (χ1) is 12.9. The third kappa shape index (κ3) is 10.0. The standard InChI is InChI=1S/C20H27N3O4/c1-3-4-10-23(2)17(14-22-15-19(21)24)12-16-7-5-8-18(13-16)27-11-6-9-20(25)26/h5-9,13,17,22H,10-12,14-15H2,1-2H3,(H2,21,24)(H,25,26)/b9-6+/t17-/m0/s1. The maximum Gasteiger partial charge on any atom is 0.328 e. The second-order valence-corrected chi connectivity index (χ2v) is 6.00. The van der Waals surface area contributed by atoms with E-state index in [9.17, 15) is 9.59 Å². The van der Waals surface area contributed by atoms with E-state index in [1.165, 1.54) is 6.08 Å². The molecule has 0 saturated heterocycles. The molecule has 1 rings (SSSR count). The number of primary amides is 1. The summed E-state index contributed by atoms with van der Waals surface area (Å²) in [5, 5.41) is 11.7. The average Bonchev–Trinajstić information content (AvgIpc) is 2.62. The van der Waals surface area contributed by atoms with Gasteiger partial charge < -0.3 is 20.9 Å². The molecule has 0 aliphatic heterocycles. The second kappa shape index (κ2) is 12.5. The molecule has 0 aromatic heterocycles. The van der Waals surface area contributed by atoms with Crippen molar-refractivity contribution in [2.45, 2.75) is 19.4 Å². The zero-order valence-corrected chi connectivity index (χ0v) is 15.8. The van der Waals surface area contributed by atoms with Gasteiger partial charge in [0.05, 0.1) is 13.1 Å². The molecule has 4 N–H and O–H groups in total. The molecule has 0 bridgehead atoms. The van der Waals surface area contributed by atoms with Crippen LogP contribution in [-0.4, -0.2) is 61.2 Å². The van der Waals surface area contributed by atoms with E-state index in [-0.39, 0.29) is 19.2 Å². The third-order valence-corrected chi connectivity index (χ3v) is 3.78. The van der Waals surface area contributed by atoms with E-state index < -0.39 is 11.9 Å². The van der Waals surface area contributed by atoms with Crippen molar-refractivity contribution in [3.8, 4) is 17.6 Å². The fourth-order valence-corrected chi connectivity index (χ4v) is 2.41. The number of carbonyl (C=O) groups is 2. The number of hydrogen-bond donors (Lipinski definition) is 3. The number of carbonyl (C=O) groups excluding carboxylic acids is 1. The number of carboxylic acid groups (broad SMARTS) is 1. The summed E-state index contributed by atoms with van der Waals surface area (Å²) < 4.78 is 5.55. The van der Waals surface area contributed by atoms with Gasteiger partial charge in [0, 0.05) is 18.7 Å². The van der Waals surface area contributed by atoms with Crippen LogP contribution in [0.2, 0.25) is 0 Å². The lowest BCUT2D eigenvalue weighted by Crippen LogP contribution is -2.43. The molecule has 0 spiro atoms. The maximum absolute atomic E-state index is 11.0. The van der Waals surface area contributed by atoms with Gasteiger partial charge in [0.15, 0.2) is 0 Å². The average molecular weight is 373 g/mol. The first kappa shape index (κ1) is 22.2. The van der Waals surface area contributed by atoms with Crippen LogP contribution in [0.5, 0.6) is 5.75 Å². The molecule has 1 aromatic rings. The molecule has 0 heterocycles. The summed E-state index contributed by atoms with van der Waals surface area (Å²) in [4.78, 5) is 23.5. The number of likely N-dealkylation sites (N-methyl/N-ethyl adjacent to an activating group) is 1. The number of nitrogens with one attached hydrogen (secondary N) is 1. The topological polar surface area (TPSA) is 105 Å². The van der Waals surface area contributed by atoms with Crippen molar-refractivity contribution in [1.82, 2.24) is 10.2 Å². The van der Waals surface area contributed by atoms with Crippen molar-refractivity contribution < 1.29 is 19.4 Å². The summed E-state index contributed by atoms with van der Waals surface area (Å²) in [7, 11) is 1.98. The zero-order chi connectivity index (χ0) is 20.1. The number of ether oxygens (including phenoxy) is 1. The first-order valence-electron chi connectivity index (χ1n) is 8.62. The molecule has 1 aromatic carbocycles. The van der Waals surface area contributed by atoms with Gasteiger partial charge in [-0.05, 0) is 44.2 Å². The summed E-state index contributed by atoms with van der Waals surface area (Å²) in [6.45, 7) is 3.33. The number of nitrogens with zero attached hydrogens (tertiary/aromatic N) is 1. The summed E-state index contributed by atoms with van der Waals surface area (Å²) in [6.07, 6.45) is 3.23. The van der Waals surface area contributed by atoms with Gasteiger partial charge in [-0.2, -0.15) is 0 Å². The summed E-state index contributed by atoms with van der Waals surface area (Å²) in [6, 6.07) is 7.76. The summed E-state index contributed by atoms with van der Waals surface area (Å²) >= 11 is 0. The molecule has 0 saturated carbocycles. The van der Waals surface area contributed by atoms with Crippen LogP contribution in [0.4, 0.5) is 0 Å². The van der Waals surface area contributed by atoms with Crippen LogP contribution in [0.15, 0.2) is 36.4 Å². The number of benzene rings is 1. The lowest BCUT2D eigenvalue weighted by Gasteiger charge is -2.27. The van der Waals surface area contributed by atoms with E-state index in [4.69, 9.17) is 15.6 Å². The van der Waals surface area contributed by atoms with Crippen molar-refractivity contribution in [2.75, 3.05) is 33.3 Å². The van der Waals surface area contributed by atoms with Gasteiger partial charge in [0.2, 0.25) is 5.91 Å². The quantitative estimate of drug-likeness (QED) is 0.367. The predicted molar refractivity (Wildman–Crippen MR) is 104 cm³/mol. The van der Waals surface area contributed by atoms with Crippen LogP contribution in [0.25, 0.3) is 0 Å². The molecular formula is C20H27N3O4. The Hall–Kier alpha value is -2.82. The highest BCUT2D eigenvalue weighted by atomic mass is 16.5. The van der Waals surface area contributed by atoms with Crippen LogP contribution in [-0.2, 0) is 16.0 Å². The van der Waals surface area contributed by atoms with Crippen molar-refractivity contribution in [1.29, 1.82) is 0 Å². The van der Waals surface area contributed by atoms with E-state index in [1.54, 1.807) is 6.92 Å². The zero-order valence-electron chi connectivity index (χ0n) is 15.8. The molecule has 1 atom stereocenters. The smallest absolute Gasteiger partial charge is 0.328 e. The molecular weight excluding hydrogens is 346 g/mol. The molecule has 0 aliphatic carbocycles. The van der Waals surface area contributed by atoms with Gasteiger partial charge in [0.25, 0.3) is 0 Å². The molecule has 0 radical (unpaired) electrons. The Bertz CT molecular complexity index is 707. The Morgan fingerprint density at radius 3 is 2.89 bits per heavy atom.